The zero-order valence-corrected chi connectivity index (χ0v) is 12.4. The summed E-state index contributed by atoms with van der Waals surface area (Å²) < 4.78 is 27.0. The van der Waals surface area contributed by atoms with Gasteiger partial charge >= 0.3 is 0 Å². The first kappa shape index (κ1) is 14.5. The van der Waals surface area contributed by atoms with Crippen molar-refractivity contribution in [2.75, 3.05) is 4.72 Å². The van der Waals surface area contributed by atoms with Crippen molar-refractivity contribution >= 4 is 15.8 Å². The number of pyridine rings is 1. The molecule has 20 heavy (non-hydrogen) atoms. The molecule has 0 radical (unpaired) electrons. The second-order valence-corrected chi connectivity index (χ2v) is 6.15. The monoisotopic (exact) mass is 290 g/mol. The van der Waals surface area contributed by atoms with Gasteiger partial charge in [-0.15, -0.1) is 0 Å². The molecule has 4 nitrogen and oxygen atoms in total. The first-order valence-corrected chi connectivity index (χ1v) is 8.11. The standard InChI is InChI=1S/C15H18N2O2S/c1-3-12-8-10-14(11-9-12)20(18,19)17-15-7-5-6-13(4-2)16-15/h5-11H,3-4H2,1-2H3,(H,16,17). The number of anilines is 1. The summed E-state index contributed by atoms with van der Waals surface area (Å²) in [6.07, 6.45) is 1.65. The second-order valence-electron chi connectivity index (χ2n) is 4.47. The van der Waals surface area contributed by atoms with E-state index in [0.717, 1.165) is 24.1 Å². The number of rotatable bonds is 5. The molecule has 0 atom stereocenters. The van der Waals surface area contributed by atoms with Crippen molar-refractivity contribution in [1.82, 2.24) is 4.98 Å². The highest BCUT2D eigenvalue weighted by Crippen LogP contribution is 2.15. The highest BCUT2D eigenvalue weighted by atomic mass is 32.2. The lowest BCUT2D eigenvalue weighted by molar-refractivity contribution is 0.601. The molecule has 0 bridgehead atoms. The molecule has 1 N–H and O–H groups in total. The lowest BCUT2D eigenvalue weighted by Crippen LogP contribution is -2.14. The predicted octanol–water partition coefficient (Wildman–Crippen LogP) is 3.01. The van der Waals surface area contributed by atoms with Gasteiger partial charge in [0.25, 0.3) is 10.0 Å². The van der Waals surface area contributed by atoms with E-state index in [9.17, 15) is 8.42 Å². The van der Waals surface area contributed by atoms with Crippen LogP contribution in [0.3, 0.4) is 0 Å². The Bertz CT molecular complexity index is 679. The lowest BCUT2D eigenvalue weighted by atomic mass is 10.2. The van der Waals surface area contributed by atoms with Crippen LogP contribution < -0.4 is 4.72 Å². The van der Waals surface area contributed by atoms with E-state index in [-0.39, 0.29) is 4.90 Å². The molecule has 0 aliphatic heterocycles. The van der Waals surface area contributed by atoms with Gasteiger partial charge in [0.15, 0.2) is 0 Å². The molecule has 0 aliphatic rings. The van der Waals surface area contributed by atoms with Crippen molar-refractivity contribution in [3.05, 3.63) is 53.7 Å². The number of aromatic nitrogens is 1. The number of hydrogen-bond acceptors (Lipinski definition) is 3. The van der Waals surface area contributed by atoms with Crippen LogP contribution in [-0.4, -0.2) is 13.4 Å². The fourth-order valence-corrected chi connectivity index (χ4v) is 2.84. The van der Waals surface area contributed by atoms with Crippen molar-refractivity contribution in [3.8, 4) is 0 Å². The highest BCUT2D eigenvalue weighted by Gasteiger charge is 2.14. The van der Waals surface area contributed by atoms with Crippen molar-refractivity contribution in [1.29, 1.82) is 0 Å². The summed E-state index contributed by atoms with van der Waals surface area (Å²) in [6, 6.07) is 12.2. The highest BCUT2D eigenvalue weighted by molar-refractivity contribution is 7.92. The fourth-order valence-electron chi connectivity index (χ4n) is 1.83. The number of aryl methyl sites for hydroxylation is 2. The van der Waals surface area contributed by atoms with Crippen LogP contribution >= 0.6 is 0 Å². The molecule has 0 saturated carbocycles. The van der Waals surface area contributed by atoms with Gasteiger partial charge in [-0.1, -0.05) is 32.0 Å². The van der Waals surface area contributed by atoms with Crippen LogP contribution in [0.4, 0.5) is 5.82 Å². The number of benzene rings is 1. The van der Waals surface area contributed by atoms with Gasteiger partial charge in [-0.3, -0.25) is 4.72 Å². The van der Waals surface area contributed by atoms with Crippen LogP contribution in [0.15, 0.2) is 47.4 Å². The maximum absolute atomic E-state index is 12.2. The molecule has 1 heterocycles. The van der Waals surface area contributed by atoms with Crippen molar-refractivity contribution in [2.45, 2.75) is 31.6 Å². The zero-order chi connectivity index (χ0) is 14.6. The molecule has 0 saturated heterocycles. The quantitative estimate of drug-likeness (QED) is 0.921. The summed E-state index contributed by atoms with van der Waals surface area (Å²) in [6.45, 7) is 4.01. The first-order valence-electron chi connectivity index (χ1n) is 6.63. The topological polar surface area (TPSA) is 59.1 Å². The smallest absolute Gasteiger partial charge is 0.263 e. The maximum atomic E-state index is 12.2. The third-order valence-electron chi connectivity index (χ3n) is 3.05. The zero-order valence-electron chi connectivity index (χ0n) is 11.6. The molecular formula is C15H18N2O2S. The van der Waals surface area contributed by atoms with Gasteiger partial charge in [0.2, 0.25) is 0 Å². The van der Waals surface area contributed by atoms with Gasteiger partial charge in [0.05, 0.1) is 4.90 Å². The normalized spacial score (nSPS) is 11.3. The van der Waals surface area contributed by atoms with Crippen LogP contribution in [0.5, 0.6) is 0 Å². The number of nitrogens with zero attached hydrogens (tertiary/aromatic N) is 1. The van der Waals surface area contributed by atoms with E-state index < -0.39 is 10.0 Å². The Morgan fingerprint density at radius 3 is 2.30 bits per heavy atom. The lowest BCUT2D eigenvalue weighted by Gasteiger charge is -2.08. The van der Waals surface area contributed by atoms with Crippen LogP contribution in [0.2, 0.25) is 0 Å². The fraction of sp³-hybridized carbons (Fsp3) is 0.267. The molecular weight excluding hydrogens is 272 g/mol. The molecule has 0 amide bonds. The van der Waals surface area contributed by atoms with Gasteiger partial charge in [-0.2, -0.15) is 0 Å². The van der Waals surface area contributed by atoms with E-state index in [0.29, 0.717) is 5.82 Å². The van der Waals surface area contributed by atoms with Crippen molar-refractivity contribution < 1.29 is 8.42 Å². The first-order chi connectivity index (χ1) is 9.55. The Kier molecular flexibility index (Phi) is 4.39. The molecule has 5 heteroatoms. The van der Waals surface area contributed by atoms with Crippen LogP contribution in [0.1, 0.15) is 25.1 Å². The van der Waals surface area contributed by atoms with E-state index in [1.54, 1.807) is 24.3 Å². The average Bonchev–Trinajstić information content (AvgIpc) is 2.47. The second kappa shape index (κ2) is 6.05. The molecule has 0 spiro atoms. The third-order valence-corrected chi connectivity index (χ3v) is 4.42. The van der Waals surface area contributed by atoms with Crippen molar-refractivity contribution in [3.63, 3.8) is 0 Å². The van der Waals surface area contributed by atoms with Gasteiger partial charge in [-0.05, 0) is 42.7 Å². The van der Waals surface area contributed by atoms with Crippen molar-refractivity contribution in [2.24, 2.45) is 0 Å². The molecule has 0 unspecified atom stereocenters. The van der Waals surface area contributed by atoms with Gasteiger partial charge < -0.3 is 0 Å². The van der Waals surface area contributed by atoms with E-state index in [1.165, 1.54) is 0 Å². The minimum absolute atomic E-state index is 0.249. The Morgan fingerprint density at radius 2 is 1.70 bits per heavy atom. The molecule has 2 rings (SSSR count). The Balaban J connectivity index is 2.25. The molecule has 106 valence electrons. The minimum atomic E-state index is -3.58. The summed E-state index contributed by atoms with van der Waals surface area (Å²) in [5, 5.41) is 0. The number of nitrogens with one attached hydrogen (secondary N) is 1. The summed E-state index contributed by atoms with van der Waals surface area (Å²) in [5.74, 6) is 0.351. The van der Waals surface area contributed by atoms with Gasteiger partial charge in [-0.25, -0.2) is 13.4 Å². The molecule has 2 aromatic rings. The number of sulfonamides is 1. The van der Waals surface area contributed by atoms with E-state index in [2.05, 4.69) is 9.71 Å². The maximum Gasteiger partial charge on any atom is 0.263 e. The van der Waals surface area contributed by atoms with Gasteiger partial charge in [0.1, 0.15) is 5.82 Å². The van der Waals surface area contributed by atoms with Gasteiger partial charge in [0, 0.05) is 5.69 Å². The van der Waals surface area contributed by atoms with Crippen LogP contribution in [0, 0.1) is 0 Å². The van der Waals surface area contributed by atoms with E-state index >= 15 is 0 Å². The van der Waals surface area contributed by atoms with E-state index in [4.69, 9.17) is 0 Å². The molecule has 0 aliphatic carbocycles. The summed E-state index contributed by atoms with van der Waals surface area (Å²) in [5.41, 5.74) is 1.96. The summed E-state index contributed by atoms with van der Waals surface area (Å²) in [7, 11) is -3.58. The minimum Gasteiger partial charge on any atom is -0.263 e. The van der Waals surface area contributed by atoms with Crippen LogP contribution in [0.25, 0.3) is 0 Å². The Hall–Kier alpha value is -1.88. The third kappa shape index (κ3) is 3.36. The summed E-state index contributed by atoms with van der Waals surface area (Å²) in [4.78, 5) is 4.49. The largest absolute Gasteiger partial charge is 0.263 e. The average molecular weight is 290 g/mol. The molecule has 0 fully saturated rings. The van der Waals surface area contributed by atoms with E-state index in [1.807, 2.05) is 32.0 Å². The Morgan fingerprint density at radius 1 is 1.00 bits per heavy atom. The number of hydrogen-bond donors (Lipinski definition) is 1. The SMILES string of the molecule is CCc1ccc(S(=O)(=O)Nc2cccc(CC)n2)cc1. The van der Waals surface area contributed by atoms with Crippen LogP contribution in [-0.2, 0) is 22.9 Å². The summed E-state index contributed by atoms with van der Waals surface area (Å²) >= 11 is 0. The predicted molar refractivity (Wildman–Crippen MR) is 80.2 cm³/mol. The molecule has 1 aromatic carbocycles. The molecule has 1 aromatic heterocycles. The Labute approximate surface area is 119 Å².